The van der Waals surface area contributed by atoms with Crippen LogP contribution < -0.4 is 10.1 Å². The molecular weight excluding hydrogens is 306 g/mol. The molecular formula is C14H15F4NO3. The van der Waals surface area contributed by atoms with Gasteiger partial charge in [-0.2, -0.15) is 17.6 Å². The van der Waals surface area contributed by atoms with Gasteiger partial charge in [0.15, 0.2) is 0 Å². The summed E-state index contributed by atoms with van der Waals surface area (Å²) in [6.45, 7) is 3.78. The van der Waals surface area contributed by atoms with Crippen LogP contribution >= 0.6 is 0 Å². The number of alkyl carbamates (subject to hydrolysis) is 1. The Morgan fingerprint density at radius 2 is 2.09 bits per heavy atom. The van der Waals surface area contributed by atoms with Gasteiger partial charge in [0.25, 0.3) is 0 Å². The van der Waals surface area contributed by atoms with Gasteiger partial charge >= 0.3 is 18.6 Å². The molecule has 0 aromatic heterocycles. The highest BCUT2D eigenvalue weighted by atomic mass is 19.3. The number of cyclic esters (lactones) is 1. The third kappa shape index (κ3) is 3.42. The van der Waals surface area contributed by atoms with Gasteiger partial charge in [0.1, 0.15) is 12.4 Å². The maximum atomic E-state index is 13.0. The number of halogens is 4. The van der Waals surface area contributed by atoms with Crippen LogP contribution in [0.25, 0.3) is 0 Å². The molecule has 8 heteroatoms. The Morgan fingerprint density at radius 1 is 1.41 bits per heavy atom. The minimum absolute atomic E-state index is 0.141. The quantitative estimate of drug-likeness (QED) is 0.860. The van der Waals surface area contributed by atoms with E-state index in [4.69, 9.17) is 4.74 Å². The number of alkyl halides is 4. The first kappa shape index (κ1) is 16.4. The highest BCUT2D eigenvalue weighted by molar-refractivity contribution is 5.69. The minimum atomic E-state index is -4.58. The predicted molar refractivity (Wildman–Crippen MR) is 69.0 cm³/mol. The zero-order valence-electron chi connectivity index (χ0n) is 11.9. The average molecular weight is 321 g/mol. The number of hydrogen-bond donors (Lipinski definition) is 1. The molecule has 1 atom stereocenters. The van der Waals surface area contributed by atoms with Gasteiger partial charge in [-0.05, 0) is 17.7 Å². The van der Waals surface area contributed by atoms with E-state index in [1.807, 2.05) is 13.8 Å². The summed E-state index contributed by atoms with van der Waals surface area (Å²) in [6.07, 6.45) is -9.14. The van der Waals surface area contributed by atoms with Crippen molar-refractivity contribution in [3.8, 4) is 5.75 Å². The normalized spacial score (nSPS) is 21.2. The van der Waals surface area contributed by atoms with E-state index in [0.717, 1.165) is 6.07 Å². The van der Waals surface area contributed by atoms with Gasteiger partial charge in [-0.3, -0.25) is 0 Å². The monoisotopic (exact) mass is 321 g/mol. The van der Waals surface area contributed by atoms with E-state index >= 15 is 0 Å². The number of rotatable bonds is 4. The number of amides is 1. The van der Waals surface area contributed by atoms with E-state index in [2.05, 4.69) is 10.1 Å². The molecule has 1 N–H and O–H groups in total. The number of carbonyl (C=O) groups is 1. The Hall–Kier alpha value is -1.99. The standard InChI is InChI=1S/C14H15F4NO3/c1-13(2)7-21-12(20)19-10(13)8-4-3-5-9(6-8)22-14(17,18)11(15)16/h3-6,10-11H,7H2,1-2H3,(H,19,20)/t10-/m0/s1. The van der Waals surface area contributed by atoms with Crippen molar-refractivity contribution in [2.45, 2.75) is 32.4 Å². The lowest BCUT2D eigenvalue weighted by atomic mass is 9.80. The van der Waals surface area contributed by atoms with E-state index in [1.165, 1.54) is 12.1 Å². The van der Waals surface area contributed by atoms with Gasteiger partial charge in [-0.15, -0.1) is 0 Å². The summed E-state index contributed by atoms with van der Waals surface area (Å²) in [6, 6.07) is 4.81. The van der Waals surface area contributed by atoms with Gasteiger partial charge in [-0.25, -0.2) is 4.79 Å². The molecule has 0 saturated carbocycles. The van der Waals surface area contributed by atoms with Gasteiger partial charge in [-0.1, -0.05) is 26.0 Å². The van der Waals surface area contributed by atoms with Crippen LogP contribution in [0.3, 0.4) is 0 Å². The van der Waals surface area contributed by atoms with Crippen molar-refractivity contribution in [2.75, 3.05) is 6.61 Å². The van der Waals surface area contributed by atoms with Crippen LogP contribution in [0.15, 0.2) is 24.3 Å². The van der Waals surface area contributed by atoms with E-state index in [0.29, 0.717) is 5.56 Å². The smallest absolute Gasteiger partial charge is 0.449 e. The van der Waals surface area contributed by atoms with Gasteiger partial charge in [0, 0.05) is 5.41 Å². The lowest BCUT2D eigenvalue weighted by Gasteiger charge is -2.38. The Morgan fingerprint density at radius 3 is 2.73 bits per heavy atom. The Bertz CT molecular complexity index is 563. The highest BCUT2D eigenvalue weighted by Gasteiger charge is 2.44. The van der Waals surface area contributed by atoms with Crippen LogP contribution in [0.1, 0.15) is 25.5 Å². The molecule has 1 heterocycles. The fourth-order valence-corrected chi connectivity index (χ4v) is 2.18. The van der Waals surface area contributed by atoms with E-state index in [-0.39, 0.29) is 6.61 Å². The minimum Gasteiger partial charge on any atom is -0.449 e. The summed E-state index contributed by atoms with van der Waals surface area (Å²) in [5, 5.41) is 2.58. The molecule has 0 bridgehead atoms. The maximum Gasteiger partial charge on any atom is 0.461 e. The molecule has 1 aromatic rings. The van der Waals surface area contributed by atoms with Gasteiger partial charge in [0.05, 0.1) is 6.04 Å². The molecule has 1 fully saturated rings. The summed E-state index contributed by atoms with van der Waals surface area (Å²) in [5.74, 6) is -0.403. The Kier molecular flexibility index (Phi) is 4.21. The zero-order chi connectivity index (χ0) is 16.5. The molecule has 0 unspecified atom stereocenters. The summed E-state index contributed by atoms with van der Waals surface area (Å²) < 4.78 is 59.2. The van der Waals surface area contributed by atoms with Crippen LogP contribution in [0.2, 0.25) is 0 Å². The second-order valence-corrected chi connectivity index (χ2v) is 5.68. The number of hydrogen-bond acceptors (Lipinski definition) is 3. The molecule has 1 aliphatic heterocycles. The van der Waals surface area contributed by atoms with E-state index in [9.17, 15) is 22.4 Å². The molecule has 1 saturated heterocycles. The number of carbonyl (C=O) groups excluding carboxylic acids is 1. The fourth-order valence-electron chi connectivity index (χ4n) is 2.18. The largest absolute Gasteiger partial charge is 0.461 e. The Labute approximate surface area is 124 Å². The van der Waals surface area contributed by atoms with Crippen LogP contribution in [0, 0.1) is 5.41 Å². The van der Waals surface area contributed by atoms with Crippen molar-refractivity contribution >= 4 is 6.09 Å². The summed E-state index contributed by atoms with van der Waals surface area (Å²) in [5.41, 5.74) is -0.0400. The number of nitrogens with one attached hydrogen (secondary N) is 1. The summed E-state index contributed by atoms with van der Waals surface area (Å²) in [7, 11) is 0. The van der Waals surface area contributed by atoms with Crippen LogP contribution in [0.4, 0.5) is 22.4 Å². The van der Waals surface area contributed by atoms with Crippen molar-refractivity contribution < 1.29 is 31.8 Å². The molecule has 1 aromatic carbocycles. The first-order chi connectivity index (χ1) is 10.1. The van der Waals surface area contributed by atoms with Crippen molar-refractivity contribution in [1.82, 2.24) is 5.32 Å². The molecule has 4 nitrogen and oxygen atoms in total. The SMILES string of the molecule is CC1(C)COC(=O)N[C@H]1c1cccc(OC(F)(F)C(F)F)c1. The van der Waals surface area contributed by atoms with Crippen molar-refractivity contribution in [3.05, 3.63) is 29.8 Å². The lowest BCUT2D eigenvalue weighted by Crippen LogP contribution is -2.46. The van der Waals surface area contributed by atoms with E-state index in [1.54, 1.807) is 6.07 Å². The first-order valence-corrected chi connectivity index (χ1v) is 6.50. The topological polar surface area (TPSA) is 47.6 Å². The number of benzene rings is 1. The summed E-state index contributed by atoms with van der Waals surface area (Å²) >= 11 is 0. The van der Waals surface area contributed by atoms with Gasteiger partial charge in [0.2, 0.25) is 0 Å². The third-order valence-corrected chi connectivity index (χ3v) is 3.32. The highest BCUT2D eigenvalue weighted by Crippen LogP contribution is 2.38. The Balaban J connectivity index is 2.26. The average Bonchev–Trinajstić information content (AvgIpc) is 2.41. The zero-order valence-corrected chi connectivity index (χ0v) is 11.9. The second kappa shape index (κ2) is 5.66. The molecule has 1 aliphatic rings. The van der Waals surface area contributed by atoms with Crippen LogP contribution in [0.5, 0.6) is 5.75 Å². The van der Waals surface area contributed by atoms with Crippen molar-refractivity contribution in [3.63, 3.8) is 0 Å². The molecule has 122 valence electrons. The third-order valence-electron chi connectivity index (χ3n) is 3.32. The maximum absolute atomic E-state index is 13.0. The molecule has 1 amide bonds. The fraction of sp³-hybridized carbons (Fsp3) is 0.500. The molecule has 0 spiro atoms. The predicted octanol–water partition coefficient (Wildman–Crippen LogP) is 3.73. The molecule has 22 heavy (non-hydrogen) atoms. The molecule has 0 radical (unpaired) electrons. The van der Waals surface area contributed by atoms with Crippen molar-refractivity contribution in [1.29, 1.82) is 0 Å². The van der Waals surface area contributed by atoms with Crippen LogP contribution in [-0.2, 0) is 4.74 Å². The van der Waals surface area contributed by atoms with Crippen molar-refractivity contribution in [2.24, 2.45) is 5.41 Å². The first-order valence-electron chi connectivity index (χ1n) is 6.50. The van der Waals surface area contributed by atoms with Gasteiger partial charge < -0.3 is 14.8 Å². The summed E-state index contributed by atoms with van der Waals surface area (Å²) in [4.78, 5) is 11.4. The number of ether oxygens (including phenoxy) is 2. The van der Waals surface area contributed by atoms with Crippen LogP contribution in [-0.4, -0.2) is 25.2 Å². The second-order valence-electron chi connectivity index (χ2n) is 5.68. The lowest BCUT2D eigenvalue weighted by molar-refractivity contribution is -0.253. The molecule has 2 rings (SSSR count). The van der Waals surface area contributed by atoms with E-state index < -0.39 is 35.8 Å². The molecule has 0 aliphatic carbocycles.